The van der Waals surface area contributed by atoms with Crippen molar-refractivity contribution < 1.29 is 17.7 Å². The van der Waals surface area contributed by atoms with Crippen molar-refractivity contribution in [3.63, 3.8) is 0 Å². The Kier molecular flexibility index (Phi) is 3.94. The number of aliphatic hydroxyl groups excluding tert-OH is 1. The molecule has 5 atom stereocenters. The molecule has 0 radical (unpaired) electrons. The Hall–Kier alpha value is -1.11. The van der Waals surface area contributed by atoms with Crippen LogP contribution < -0.4 is 9.32 Å². The first-order valence-corrected chi connectivity index (χ1v) is 10.7. The standard InChI is InChI=1S/C19H27NO4S/c1-11-9-15-12(10-17(11)24-25(20,22)23)3-4-14-13(15)7-8-19(2)16(14)5-6-18(19)21/h9-10,13-14,16,18,21H,3-8H2,1-2H3,(H2,20,22,23)/t13?,14?,16?,18-,19-/m0/s1. The van der Waals surface area contributed by atoms with Crippen LogP contribution >= 0.6 is 0 Å². The van der Waals surface area contributed by atoms with E-state index in [1.54, 1.807) is 0 Å². The fourth-order valence-corrected chi connectivity index (χ4v) is 6.33. The quantitative estimate of drug-likeness (QED) is 0.843. The van der Waals surface area contributed by atoms with Gasteiger partial charge in [0, 0.05) is 0 Å². The summed E-state index contributed by atoms with van der Waals surface area (Å²) in [4.78, 5) is 0. The van der Waals surface area contributed by atoms with Crippen molar-refractivity contribution >= 4 is 10.3 Å². The summed E-state index contributed by atoms with van der Waals surface area (Å²) in [5, 5.41) is 15.5. The van der Waals surface area contributed by atoms with Gasteiger partial charge in [-0.25, -0.2) is 0 Å². The Morgan fingerprint density at radius 2 is 2.00 bits per heavy atom. The Morgan fingerprint density at radius 1 is 1.24 bits per heavy atom. The van der Waals surface area contributed by atoms with E-state index in [0.717, 1.165) is 44.1 Å². The molecule has 1 aromatic carbocycles. The topological polar surface area (TPSA) is 89.6 Å². The molecule has 5 nitrogen and oxygen atoms in total. The van der Waals surface area contributed by atoms with E-state index in [9.17, 15) is 13.5 Å². The normalized spacial score (nSPS) is 37.1. The van der Waals surface area contributed by atoms with Gasteiger partial charge in [-0.2, -0.15) is 13.6 Å². The number of aliphatic hydroxyl groups is 1. The molecule has 0 heterocycles. The van der Waals surface area contributed by atoms with E-state index in [1.807, 2.05) is 13.0 Å². The third kappa shape index (κ3) is 2.78. The van der Waals surface area contributed by atoms with Gasteiger partial charge in [0.15, 0.2) is 0 Å². The zero-order valence-electron chi connectivity index (χ0n) is 14.9. The number of benzene rings is 1. The second-order valence-corrected chi connectivity index (χ2v) is 9.60. The molecule has 1 aromatic rings. The third-order valence-electron chi connectivity index (χ3n) is 7.18. The highest BCUT2D eigenvalue weighted by Gasteiger charge is 2.54. The summed E-state index contributed by atoms with van der Waals surface area (Å²) in [5.74, 6) is 2.06. The van der Waals surface area contributed by atoms with Gasteiger partial charge in [-0.3, -0.25) is 0 Å². The number of hydrogen-bond donors (Lipinski definition) is 2. The van der Waals surface area contributed by atoms with Gasteiger partial charge in [-0.05, 0) is 91.4 Å². The van der Waals surface area contributed by atoms with Crippen LogP contribution in [-0.4, -0.2) is 19.6 Å². The molecule has 0 bridgehead atoms. The molecule has 0 aliphatic heterocycles. The van der Waals surface area contributed by atoms with Crippen molar-refractivity contribution in [1.29, 1.82) is 0 Å². The van der Waals surface area contributed by atoms with Gasteiger partial charge in [0.25, 0.3) is 0 Å². The van der Waals surface area contributed by atoms with Gasteiger partial charge in [0.2, 0.25) is 0 Å². The maximum Gasteiger partial charge on any atom is 0.380 e. The van der Waals surface area contributed by atoms with Crippen LogP contribution in [0.4, 0.5) is 0 Å². The van der Waals surface area contributed by atoms with Crippen molar-refractivity contribution in [3.05, 3.63) is 28.8 Å². The smallest absolute Gasteiger partial charge is 0.380 e. The fourth-order valence-electron chi connectivity index (χ4n) is 5.90. The lowest BCUT2D eigenvalue weighted by Gasteiger charge is -2.50. The highest BCUT2D eigenvalue weighted by Crippen LogP contribution is 2.61. The molecule has 25 heavy (non-hydrogen) atoms. The Labute approximate surface area is 149 Å². The van der Waals surface area contributed by atoms with E-state index in [4.69, 9.17) is 9.32 Å². The monoisotopic (exact) mass is 365 g/mol. The number of hydrogen-bond acceptors (Lipinski definition) is 4. The summed E-state index contributed by atoms with van der Waals surface area (Å²) >= 11 is 0. The van der Waals surface area contributed by atoms with E-state index in [0.29, 0.717) is 23.5 Å². The first-order chi connectivity index (χ1) is 11.7. The SMILES string of the molecule is Cc1cc2c(cc1OS(N)(=O)=O)CCC1C2CC[C@@]2(C)C1CC[C@@H]2O. The molecule has 0 aromatic heterocycles. The highest BCUT2D eigenvalue weighted by atomic mass is 32.2. The minimum atomic E-state index is -4.00. The van der Waals surface area contributed by atoms with E-state index >= 15 is 0 Å². The molecular formula is C19H27NO4S. The minimum absolute atomic E-state index is 0.0738. The van der Waals surface area contributed by atoms with Gasteiger partial charge in [0.1, 0.15) is 5.75 Å². The molecule has 3 aliphatic carbocycles. The molecule has 138 valence electrons. The molecule has 3 aliphatic rings. The second kappa shape index (κ2) is 5.69. The highest BCUT2D eigenvalue weighted by molar-refractivity contribution is 7.84. The number of rotatable bonds is 2. The Balaban J connectivity index is 1.68. The van der Waals surface area contributed by atoms with Crippen molar-refractivity contribution in [1.82, 2.24) is 0 Å². The van der Waals surface area contributed by atoms with Crippen molar-refractivity contribution in [3.8, 4) is 5.75 Å². The summed E-state index contributed by atoms with van der Waals surface area (Å²) in [5.41, 5.74) is 3.42. The summed E-state index contributed by atoms with van der Waals surface area (Å²) < 4.78 is 27.5. The van der Waals surface area contributed by atoms with Crippen molar-refractivity contribution in [2.45, 2.75) is 64.4 Å². The van der Waals surface area contributed by atoms with Crippen molar-refractivity contribution in [2.75, 3.05) is 0 Å². The number of fused-ring (bicyclic) bond motifs is 5. The summed E-state index contributed by atoms with van der Waals surface area (Å²) in [6.07, 6.45) is 6.08. The van der Waals surface area contributed by atoms with E-state index in [-0.39, 0.29) is 11.5 Å². The molecule has 6 heteroatoms. The zero-order valence-corrected chi connectivity index (χ0v) is 15.7. The first kappa shape index (κ1) is 17.3. The maximum atomic E-state index is 11.3. The summed E-state index contributed by atoms with van der Waals surface area (Å²) in [7, 11) is -4.00. The Bertz CT molecular complexity index is 806. The molecule has 3 N–H and O–H groups in total. The average molecular weight is 365 g/mol. The summed E-state index contributed by atoms with van der Waals surface area (Å²) in [6, 6.07) is 3.96. The van der Waals surface area contributed by atoms with Gasteiger partial charge in [0.05, 0.1) is 6.10 Å². The molecule has 4 rings (SSSR count). The van der Waals surface area contributed by atoms with Crippen LogP contribution in [0.15, 0.2) is 12.1 Å². The van der Waals surface area contributed by atoms with Crippen LogP contribution in [-0.2, 0) is 16.7 Å². The lowest BCUT2D eigenvalue weighted by Crippen LogP contribution is -2.43. The first-order valence-electron chi connectivity index (χ1n) is 9.23. The molecule has 2 fully saturated rings. The van der Waals surface area contributed by atoms with Gasteiger partial charge in [-0.15, -0.1) is 0 Å². The van der Waals surface area contributed by atoms with Crippen LogP contribution in [0.1, 0.15) is 61.6 Å². The molecular weight excluding hydrogens is 338 g/mol. The van der Waals surface area contributed by atoms with Crippen LogP contribution in [0, 0.1) is 24.2 Å². The molecule has 0 amide bonds. The fraction of sp³-hybridized carbons (Fsp3) is 0.684. The lowest BCUT2D eigenvalue weighted by molar-refractivity contribution is -0.0226. The van der Waals surface area contributed by atoms with E-state index in [2.05, 4.69) is 13.0 Å². The average Bonchev–Trinajstić information content (AvgIpc) is 2.82. The molecule has 3 unspecified atom stereocenters. The molecule has 0 saturated heterocycles. The predicted molar refractivity (Wildman–Crippen MR) is 95.5 cm³/mol. The molecule has 2 saturated carbocycles. The van der Waals surface area contributed by atoms with Gasteiger partial charge >= 0.3 is 10.3 Å². The minimum Gasteiger partial charge on any atom is -0.393 e. The van der Waals surface area contributed by atoms with E-state index < -0.39 is 10.3 Å². The van der Waals surface area contributed by atoms with Crippen LogP contribution in [0.5, 0.6) is 5.75 Å². The van der Waals surface area contributed by atoms with E-state index in [1.165, 1.54) is 11.1 Å². The maximum absolute atomic E-state index is 11.3. The van der Waals surface area contributed by atoms with Crippen LogP contribution in [0.25, 0.3) is 0 Å². The lowest BCUT2D eigenvalue weighted by atomic mass is 9.55. The largest absolute Gasteiger partial charge is 0.393 e. The zero-order chi connectivity index (χ0) is 18.0. The van der Waals surface area contributed by atoms with Crippen LogP contribution in [0.3, 0.4) is 0 Å². The Morgan fingerprint density at radius 3 is 2.72 bits per heavy atom. The van der Waals surface area contributed by atoms with Crippen molar-refractivity contribution in [2.24, 2.45) is 22.4 Å². The predicted octanol–water partition coefficient (Wildman–Crippen LogP) is 2.79. The van der Waals surface area contributed by atoms with Crippen LogP contribution in [0.2, 0.25) is 0 Å². The van der Waals surface area contributed by atoms with Gasteiger partial charge in [-0.1, -0.05) is 13.0 Å². The molecule has 0 spiro atoms. The number of aryl methyl sites for hydroxylation is 2. The van der Waals surface area contributed by atoms with Gasteiger partial charge < -0.3 is 9.29 Å². The second-order valence-electron chi connectivity index (χ2n) is 8.45. The third-order valence-corrected chi connectivity index (χ3v) is 7.59. The number of nitrogens with two attached hydrogens (primary N) is 1. The summed E-state index contributed by atoms with van der Waals surface area (Å²) in [6.45, 7) is 4.14.